The summed E-state index contributed by atoms with van der Waals surface area (Å²) in [4.78, 5) is 12.0. The summed E-state index contributed by atoms with van der Waals surface area (Å²) in [7, 11) is 1.59. The first kappa shape index (κ1) is 16.7. The molecule has 5 heteroatoms. The summed E-state index contributed by atoms with van der Waals surface area (Å²) in [5, 5.41) is 2.78. The molecule has 2 rings (SSSR count). The zero-order chi connectivity index (χ0) is 16.5. The summed E-state index contributed by atoms with van der Waals surface area (Å²) in [6.07, 6.45) is -0.566. The van der Waals surface area contributed by atoms with E-state index in [0.717, 1.165) is 0 Å². The average Bonchev–Trinajstić information content (AvgIpc) is 2.59. The number of hydrogen-bond donors (Lipinski definition) is 1. The van der Waals surface area contributed by atoms with Crippen molar-refractivity contribution in [1.82, 2.24) is 5.32 Å². The Morgan fingerprint density at radius 2 is 1.70 bits per heavy atom. The van der Waals surface area contributed by atoms with Gasteiger partial charge in [0.05, 0.1) is 13.7 Å². The third kappa shape index (κ3) is 5.21. The molecule has 0 radical (unpaired) electrons. The van der Waals surface area contributed by atoms with Crippen LogP contribution in [0.3, 0.4) is 0 Å². The highest BCUT2D eigenvalue weighted by Crippen LogP contribution is 2.25. The molecule has 0 aliphatic heterocycles. The van der Waals surface area contributed by atoms with Gasteiger partial charge in [0.15, 0.2) is 17.6 Å². The summed E-state index contributed by atoms with van der Waals surface area (Å²) in [6.45, 7) is 2.45. The van der Waals surface area contributed by atoms with Gasteiger partial charge in [-0.2, -0.15) is 0 Å². The quantitative estimate of drug-likeness (QED) is 0.761. The Labute approximate surface area is 136 Å². The summed E-state index contributed by atoms with van der Waals surface area (Å²) >= 11 is 0. The minimum atomic E-state index is -0.566. The molecule has 122 valence electrons. The van der Waals surface area contributed by atoms with Crippen molar-refractivity contribution in [3.8, 4) is 17.2 Å². The SMILES string of the molecule is COc1ccccc1OCCNC(=O)C(C)Oc1ccccc1. The predicted molar refractivity (Wildman–Crippen MR) is 88.0 cm³/mol. The molecular weight excluding hydrogens is 294 g/mol. The standard InChI is InChI=1S/C18H21NO4/c1-14(23-15-8-4-3-5-9-15)18(20)19-12-13-22-17-11-7-6-10-16(17)21-2/h3-11,14H,12-13H2,1-2H3,(H,19,20). The fourth-order valence-electron chi connectivity index (χ4n) is 1.97. The van der Waals surface area contributed by atoms with E-state index < -0.39 is 6.10 Å². The maximum atomic E-state index is 12.0. The Balaban J connectivity index is 1.72. The van der Waals surface area contributed by atoms with Gasteiger partial charge in [0.2, 0.25) is 0 Å². The highest BCUT2D eigenvalue weighted by Gasteiger charge is 2.13. The van der Waals surface area contributed by atoms with Gasteiger partial charge in [0.1, 0.15) is 12.4 Å². The molecule has 1 amide bonds. The molecule has 2 aromatic carbocycles. The van der Waals surface area contributed by atoms with E-state index in [-0.39, 0.29) is 5.91 Å². The highest BCUT2D eigenvalue weighted by molar-refractivity contribution is 5.80. The summed E-state index contributed by atoms with van der Waals surface area (Å²) < 4.78 is 16.3. The van der Waals surface area contributed by atoms with Crippen molar-refractivity contribution >= 4 is 5.91 Å². The third-order valence-electron chi connectivity index (χ3n) is 3.15. The lowest BCUT2D eigenvalue weighted by molar-refractivity contribution is -0.127. The molecule has 5 nitrogen and oxygen atoms in total. The maximum Gasteiger partial charge on any atom is 0.260 e. The van der Waals surface area contributed by atoms with Crippen molar-refractivity contribution in [2.45, 2.75) is 13.0 Å². The second kappa shape index (κ2) is 8.68. The number of ether oxygens (including phenoxy) is 3. The first-order valence-corrected chi connectivity index (χ1v) is 7.46. The molecule has 0 aliphatic carbocycles. The van der Waals surface area contributed by atoms with Crippen LogP contribution in [0.2, 0.25) is 0 Å². The van der Waals surface area contributed by atoms with Gasteiger partial charge < -0.3 is 19.5 Å². The minimum absolute atomic E-state index is 0.183. The number of para-hydroxylation sites is 3. The first-order chi connectivity index (χ1) is 11.2. The van der Waals surface area contributed by atoms with Crippen molar-refractivity contribution in [3.63, 3.8) is 0 Å². The largest absolute Gasteiger partial charge is 0.493 e. The van der Waals surface area contributed by atoms with Crippen LogP contribution >= 0.6 is 0 Å². The number of hydrogen-bond acceptors (Lipinski definition) is 4. The lowest BCUT2D eigenvalue weighted by Gasteiger charge is -2.15. The van der Waals surface area contributed by atoms with Gasteiger partial charge in [0, 0.05) is 0 Å². The van der Waals surface area contributed by atoms with E-state index in [4.69, 9.17) is 14.2 Å². The topological polar surface area (TPSA) is 56.8 Å². The zero-order valence-corrected chi connectivity index (χ0v) is 13.3. The van der Waals surface area contributed by atoms with Gasteiger partial charge in [-0.25, -0.2) is 0 Å². The molecule has 0 bridgehead atoms. The van der Waals surface area contributed by atoms with Crippen LogP contribution in [0.15, 0.2) is 54.6 Å². The van der Waals surface area contributed by atoms with E-state index >= 15 is 0 Å². The Morgan fingerprint density at radius 3 is 2.39 bits per heavy atom. The molecule has 0 saturated carbocycles. The van der Waals surface area contributed by atoms with Crippen molar-refractivity contribution in [2.24, 2.45) is 0 Å². The van der Waals surface area contributed by atoms with Crippen molar-refractivity contribution in [1.29, 1.82) is 0 Å². The van der Waals surface area contributed by atoms with Crippen LogP contribution < -0.4 is 19.5 Å². The van der Waals surface area contributed by atoms with E-state index in [0.29, 0.717) is 30.4 Å². The van der Waals surface area contributed by atoms with Crippen LogP contribution in [0.5, 0.6) is 17.2 Å². The summed E-state index contributed by atoms with van der Waals surface area (Å²) in [5.41, 5.74) is 0. The number of methoxy groups -OCH3 is 1. The monoisotopic (exact) mass is 315 g/mol. The van der Waals surface area contributed by atoms with Crippen molar-refractivity contribution in [2.75, 3.05) is 20.3 Å². The lowest BCUT2D eigenvalue weighted by atomic mass is 10.3. The molecule has 23 heavy (non-hydrogen) atoms. The molecule has 0 spiro atoms. The van der Waals surface area contributed by atoms with Gasteiger partial charge in [0.25, 0.3) is 5.91 Å². The number of nitrogens with one attached hydrogen (secondary N) is 1. The predicted octanol–water partition coefficient (Wildman–Crippen LogP) is 2.66. The number of amides is 1. The van der Waals surface area contributed by atoms with Gasteiger partial charge in [-0.05, 0) is 31.2 Å². The molecule has 0 aromatic heterocycles. The average molecular weight is 315 g/mol. The van der Waals surface area contributed by atoms with E-state index in [1.165, 1.54) is 0 Å². The molecule has 0 saturated heterocycles. The zero-order valence-electron chi connectivity index (χ0n) is 13.3. The number of benzene rings is 2. The number of carbonyl (C=O) groups excluding carboxylic acids is 1. The van der Waals surface area contributed by atoms with Crippen molar-refractivity contribution in [3.05, 3.63) is 54.6 Å². The molecule has 0 aliphatic rings. The number of carbonyl (C=O) groups is 1. The van der Waals surface area contributed by atoms with Crippen LogP contribution in [0.1, 0.15) is 6.92 Å². The summed E-state index contributed by atoms with van der Waals surface area (Å²) in [6, 6.07) is 16.6. The highest BCUT2D eigenvalue weighted by atomic mass is 16.5. The molecule has 1 unspecified atom stereocenters. The van der Waals surface area contributed by atoms with E-state index in [9.17, 15) is 4.79 Å². The Hall–Kier alpha value is -2.69. The third-order valence-corrected chi connectivity index (χ3v) is 3.15. The van der Waals surface area contributed by atoms with Crippen LogP contribution in [-0.4, -0.2) is 32.3 Å². The van der Waals surface area contributed by atoms with Crippen LogP contribution in [0.4, 0.5) is 0 Å². The van der Waals surface area contributed by atoms with Gasteiger partial charge in [-0.1, -0.05) is 30.3 Å². The molecule has 0 heterocycles. The van der Waals surface area contributed by atoms with Gasteiger partial charge >= 0.3 is 0 Å². The Morgan fingerprint density at radius 1 is 1.04 bits per heavy atom. The first-order valence-electron chi connectivity index (χ1n) is 7.46. The van der Waals surface area contributed by atoms with Crippen LogP contribution in [0.25, 0.3) is 0 Å². The second-order valence-electron chi connectivity index (χ2n) is 4.86. The molecule has 2 aromatic rings. The summed E-state index contributed by atoms with van der Waals surface area (Å²) in [5.74, 6) is 1.80. The van der Waals surface area contributed by atoms with Gasteiger partial charge in [-0.15, -0.1) is 0 Å². The Bertz CT molecular complexity index is 615. The van der Waals surface area contributed by atoms with Crippen molar-refractivity contribution < 1.29 is 19.0 Å². The van der Waals surface area contributed by atoms with E-state index in [1.807, 2.05) is 54.6 Å². The smallest absolute Gasteiger partial charge is 0.260 e. The second-order valence-corrected chi connectivity index (χ2v) is 4.86. The fourth-order valence-corrected chi connectivity index (χ4v) is 1.97. The van der Waals surface area contributed by atoms with Crippen LogP contribution in [0, 0.1) is 0 Å². The Kier molecular flexibility index (Phi) is 6.29. The normalized spacial score (nSPS) is 11.4. The molecule has 1 N–H and O–H groups in total. The lowest BCUT2D eigenvalue weighted by Crippen LogP contribution is -2.38. The maximum absolute atomic E-state index is 12.0. The minimum Gasteiger partial charge on any atom is -0.493 e. The molecule has 1 atom stereocenters. The fraction of sp³-hybridized carbons (Fsp3) is 0.278. The number of rotatable bonds is 8. The molecular formula is C18H21NO4. The van der Waals surface area contributed by atoms with E-state index in [2.05, 4.69) is 5.32 Å². The van der Waals surface area contributed by atoms with E-state index in [1.54, 1.807) is 14.0 Å². The van der Waals surface area contributed by atoms with Gasteiger partial charge in [-0.3, -0.25) is 4.79 Å². The van der Waals surface area contributed by atoms with Crippen LogP contribution in [-0.2, 0) is 4.79 Å². The molecule has 0 fully saturated rings.